The average molecular weight is 370 g/mol. The summed E-state index contributed by atoms with van der Waals surface area (Å²) in [4.78, 5) is 4.81. The summed E-state index contributed by atoms with van der Waals surface area (Å²) >= 11 is 0. The third kappa shape index (κ3) is 6.33. The van der Waals surface area contributed by atoms with Crippen molar-refractivity contribution in [2.45, 2.75) is 116 Å². The first-order chi connectivity index (χ1) is 13.3. The van der Waals surface area contributed by atoms with Crippen molar-refractivity contribution in [3.8, 4) is 0 Å². The number of pyridine rings is 1. The van der Waals surface area contributed by atoms with E-state index in [1.807, 2.05) is 0 Å². The number of hydrogen-bond acceptors (Lipinski definition) is 1. The summed E-state index contributed by atoms with van der Waals surface area (Å²) in [7, 11) is 0. The maximum absolute atomic E-state index is 4.81. The Morgan fingerprint density at radius 2 is 1.48 bits per heavy atom. The summed E-state index contributed by atoms with van der Waals surface area (Å²) in [5.41, 5.74) is 2.77. The van der Waals surface area contributed by atoms with E-state index < -0.39 is 0 Å². The van der Waals surface area contributed by atoms with E-state index in [1.165, 1.54) is 108 Å². The van der Waals surface area contributed by atoms with Crippen LogP contribution in [0.2, 0.25) is 0 Å². The van der Waals surface area contributed by atoms with Gasteiger partial charge in [-0.2, -0.15) is 0 Å². The molecule has 1 nitrogen and oxygen atoms in total. The van der Waals surface area contributed by atoms with Gasteiger partial charge in [-0.1, -0.05) is 71.3 Å². The second kappa shape index (κ2) is 11.2. The van der Waals surface area contributed by atoms with Gasteiger partial charge in [0.2, 0.25) is 0 Å². The lowest BCUT2D eigenvalue weighted by atomic mass is 9.68. The number of rotatable bonds is 9. The molecule has 0 saturated heterocycles. The standard InChI is InChI=1S/C26H43N/c1-3-5-6-7-9-21-10-13-23(14-11-21)24-15-17-25(18-16-24)26-19-12-22(8-4-2)20-27-26/h12,19-21,23-25H,3-11,13-18H2,1-2H3/t21-,23-,24?,25?. The molecular formula is C26H43N. The molecule has 0 bridgehead atoms. The first-order valence-corrected chi connectivity index (χ1v) is 12.2. The van der Waals surface area contributed by atoms with Crippen molar-refractivity contribution >= 4 is 0 Å². The van der Waals surface area contributed by atoms with Crippen LogP contribution in [0.4, 0.5) is 0 Å². The maximum atomic E-state index is 4.81. The van der Waals surface area contributed by atoms with Gasteiger partial charge in [0.1, 0.15) is 0 Å². The lowest BCUT2D eigenvalue weighted by molar-refractivity contribution is 0.155. The fourth-order valence-electron chi connectivity index (χ4n) is 5.81. The summed E-state index contributed by atoms with van der Waals surface area (Å²) in [5.74, 6) is 3.84. The largest absolute Gasteiger partial charge is 0.261 e. The average Bonchev–Trinajstić information content (AvgIpc) is 2.73. The topological polar surface area (TPSA) is 12.9 Å². The van der Waals surface area contributed by atoms with E-state index >= 15 is 0 Å². The first-order valence-electron chi connectivity index (χ1n) is 12.2. The van der Waals surface area contributed by atoms with Crippen molar-refractivity contribution in [2.24, 2.45) is 17.8 Å². The first kappa shape index (κ1) is 20.9. The Morgan fingerprint density at radius 1 is 0.778 bits per heavy atom. The molecule has 0 atom stereocenters. The highest BCUT2D eigenvalue weighted by Crippen LogP contribution is 2.44. The Bertz CT molecular complexity index is 504. The van der Waals surface area contributed by atoms with Crippen LogP contribution in [-0.4, -0.2) is 4.98 Å². The van der Waals surface area contributed by atoms with Crippen molar-refractivity contribution in [2.75, 3.05) is 0 Å². The van der Waals surface area contributed by atoms with Crippen LogP contribution < -0.4 is 0 Å². The number of nitrogens with zero attached hydrogens (tertiary/aromatic N) is 1. The van der Waals surface area contributed by atoms with E-state index in [0.29, 0.717) is 0 Å². The van der Waals surface area contributed by atoms with Gasteiger partial charge in [-0.3, -0.25) is 4.98 Å². The van der Waals surface area contributed by atoms with E-state index in [2.05, 4.69) is 32.2 Å². The molecule has 0 spiro atoms. The Hall–Kier alpha value is -0.850. The Kier molecular flexibility index (Phi) is 8.68. The lowest BCUT2D eigenvalue weighted by Crippen LogP contribution is -2.25. The molecule has 1 heterocycles. The van der Waals surface area contributed by atoms with Gasteiger partial charge >= 0.3 is 0 Å². The molecule has 152 valence electrons. The number of hydrogen-bond donors (Lipinski definition) is 0. The molecule has 0 aromatic carbocycles. The molecule has 0 amide bonds. The van der Waals surface area contributed by atoms with Crippen molar-refractivity contribution in [3.63, 3.8) is 0 Å². The minimum atomic E-state index is 0.729. The predicted molar refractivity (Wildman–Crippen MR) is 117 cm³/mol. The van der Waals surface area contributed by atoms with Crippen LogP contribution in [0.5, 0.6) is 0 Å². The minimum Gasteiger partial charge on any atom is -0.261 e. The van der Waals surface area contributed by atoms with E-state index in [4.69, 9.17) is 4.98 Å². The Balaban J connectivity index is 1.37. The third-order valence-corrected chi connectivity index (χ3v) is 7.60. The van der Waals surface area contributed by atoms with Crippen LogP contribution in [0.15, 0.2) is 18.3 Å². The van der Waals surface area contributed by atoms with Gasteiger partial charge in [0.25, 0.3) is 0 Å². The fraction of sp³-hybridized carbons (Fsp3) is 0.808. The summed E-state index contributed by atoms with van der Waals surface area (Å²) in [6, 6.07) is 4.64. The summed E-state index contributed by atoms with van der Waals surface area (Å²) in [5, 5.41) is 0. The van der Waals surface area contributed by atoms with Crippen LogP contribution >= 0.6 is 0 Å². The van der Waals surface area contributed by atoms with Crippen LogP contribution in [0.1, 0.15) is 121 Å². The van der Waals surface area contributed by atoms with E-state index in [0.717, 1.165) is 23.7 Å². The molecule has 1 heteroatoms. The number of aryl methyl sites for hydroxylation is 1. The molecule has 2 fully saturated rings. The summed E-state index contributed by atoms with van der Waals surface area (Å²) < 4.78 is 0. The van der Waals surface area contributed by atoms with Crippen molar-refractivity contribution < 1.29 is 0 Å². The van der Waals surface area contributed by atoms with Crippen LogP contribution in [0.25, 0.3) is 0 Å². The molecule has 0 aliphatic heterocycles. The predicted octanol–water partition coefficient (Wildman–Crippen LogP) is 8.08. The van der Waals surface area contributed by atoms with Crippen LogP contribution in [-0.2, 0) is 6.42 Å². The van der Waals surface area contributed by atoms with Crippen LogP contribution in [0, 0.1) is 17.8 Å². The van der Waals surface area contributed by atoms with Gasteiger partial charge in [-0.05, 0) is 74.3 Å². The molecule has 2 saturated carbocycles. The highest BCUT2D eigenvalue weighted by molar-refractivity contribution is 5.17. The second-order valence-corrected chi connectivity index (χ2v) is 9.58. The summed E-state index contributed by atoms with van der Waals surface area (Å²) in [6.45, 7) is 4.56. The fourth-order valence-corrected chi connectivity index (χ4v) is 5.81. The van der Waals surface area contributed by atoms with Gasteiger partial charge in [0.05, 0.1) is 0 Å². The second-order valence-electron chi connectivity index (χ2n) is 9.58. The molecular weight excluding hydrogens is 326 g/mol. The van der Waals surface area contributed by atoms with E-state index in [9.17, 15) is 0 Å². The highest BCUT2D eigenvalue weighted by Gasteiger charge is 2.31. The zero-order chi connectivity index (χ0) is 18.9. The van der Waals surface area contributed by atoms with Gasteiger partial charge in [-0.25, -0.2) is 0 Å². The molecule has 0 N–H and O–H groups in total. The van der Waals surface area contributed by atoms with E-state index in [1.54, 1.807) is 0 Å². The molecule has 3 rings (SSSR count). The smallest absolute Gasteiger partial charge is 0.0434 e. The normalized spacial score (nSPS) is 29.0. The van der Waals surface area contributed by atoms with Crippen molar-refractivity contribution in [1.82, 2.24) is 4.98 Å². The Morgan fingerprint density at radius 3 is 2.07 bits per heavy atom. The molecule has 0 unspecified atom stereocenters. The Labute approximate surface area is 168 Å². The minimum absolute atomic E-state index is 0.729. The van der Waals surface area contributed by atoms with Gasteiger partial charge < -0.3 is 0 Å². The third-order valence-electron chi connectivity index (χ3n) is 7.60. The SMILES string of the molecule is CCCCCC[C@H]1CC[C@H](C2CCC(c3ccc(CCC)cn3)CC2)CC1. The van der Waals surface area contributed by atoms with Crippen molar-refractivity contribution in [3.05, 3.63) is 29.6 Å². The zero-order valence-corrected chi connectivity index (χ0v) is 18.1. The number of aromatic nitrogens is 1. The lowest BCUT2D eigenvalue weighted by Gasteiger charge is -2.38. The summed E-state index contributed by atoms with van der Waals surface area (Å²) in [6.07, 6.45) is 23.5. The van der Waals surface area contributed by atoms with E-state index in [-0.39, 0.29) is 0 Å². The molecule has 2 aliphatic carbocycles. The molecule has 0 radical (unpaired) electrons. The quantitative estimate of drug-likeness (QED) is 0.401. The van der Waals surface area contributed by atoms with Gasteiger partial charge in [0, 0.05) is 17.8 Å². The monoisotopic (exact) mass is 369 g/mol. The van der Waals surface area contributed by atoms with Gasteiger partial charge in [-0.15, -0.1) is 0 Å². The zero-order valence-electron chi connectivity index (χ0n) is 18.1. The molecule has 1 aromatic rings. The number of unbranched alkanes of at least 4 members (excludes halogenated alkanes) is 3. The highest BCUT2D eigenvalue weighted by atomic mass is 14.7. The maximum Gasteiger partial charge on any atom is 0.0434 e. The molecule has 27 heavy (non-hydrogen) atoms. The van der Waals surface area contributed by atoms with Crippen LogP contribution in [0.3, 0.4) is 0 Å². The van der Waals surface area contributed by atoms with Crippen molar-refractivity contribution in [1.29, 1.82) is 0 Å². The molecule has 1 aromatic heterocycles. The van der Waals surface area contributed by atoms with Gasteiger partial charge in [0.15, 0.2) is 0 Å². The molecule has 2 aliphatic rings.